The Balaban J connectivity index is 3.14. The van der Waals surface area contributed by atoms with Crippen LogP contribution in [0.2, 0.25) is 0 Å². The molecule has 0 fully saturated rings. The molecule has 94 valence electrons. The Bertz CT molecular complexity index is 553. The maximum Gasteiger partial charge on any atom is 0.322 e. The summed E-state index contributed by atoms with van der Waals surface area (Å²) >= 11 is 0. The molecule has 0 unspecified atom stereocenters. The van der Waals surface area contributed by atoms with E-state index in [0.29, 0.717) is 11.3 Å². The van der Waals surface area contributed by atoms with Crippen LogP contribution in [-0.4, -0.2) is 30.6 Å². The number of hydrogen-bond acceptors (Lipinski definition) is 5. The van der Waals surface area contributed by atoms with Crippen LogP contribution in [0.15, 0.2) is 17.0 Å². The molecule has 0 spiro atoms. The molecule has 0 saturated carbocycles. The van der Waals surface area contributed by atoms with Crippen LogP contribution < -0.4 is 11.1 Å². The van der Waals surface area contributed by atoms with E-state index >= 15 is 0 Å². The number of nitrogen functional groups attached to an aromatic ring is 1. The average Bonchev–Trinajstić information content (AvgIpc) is 2.17. The maximum atomic E-state index is 10.9. The van der Waals surface area contributed by atoms with E-state index in [4.69, 9.17) is 15.4 Å². The second-order valence-corrected chi connectivity index (χ2v) is 4.82. The number of carboxylic acids is 1. The lowest BCUT2D eigenvalue weighted by Gasteiger charge is -2.11. The average molecular weight is 260 g/mol. The Kier molecular flexibility index (Phi) is 3.59. The summed E-state index contributed by atoms with van der Waals surface area (Å²) < 4.78 is 30.8. The van der Waals surface area contributed by atoms with Gasteiger partial charge in [0.15, 0.2) is 0 Å². The molecule has 1 aromatic rings. The number of carbonyl (C=O) groups is 1. The van der Waals surface area contributed by atoms with Crippen molar-refractivity contribution in [1.82, 2.24) is 0 Å². The number of rotatable bonds is 4. The van der Waals surface area contributed by atoms with Gasteiger partial charge in [0.25, 0.3) is 10.1 Å². The number of anilines is 2. The Morgan fingerprint density at radius 1 is 1.47 bits per heavy atom. The number of aliphatic carboxylic acids is 1. The smallest absolute Gasteiger partial charge is 0.322 e. The quantitative estimate of drug-likeness (QED) is 0.453. The fourth-order valence-electron chi connectivity index (χ4n) is 1.28. The topological polar surface area (TPSA) is 130 Å². The van der Waals surface area contributed by atoms with Crippen LogP contribution in [0.1, 0.15) is 5.56 Å². The van der Waals surface area contributed by atoms with Crippen LogP contribution in [-0.2, 0) is 14.9 Å². The van der Waals surface area contributed by atoms with Gasteiger partial charge in [0.1, 0.15) is 11.4 Å². The standard InChI is InChI=1S/C9H12N2O5S/c1-5-2-8(17(14,15)16)6(10)3-7(5)11-4-9(12)13/h2-3,11H,4,10H2,1H3,(H,12,13)(H,14,15,16). The predicted octanol–water partition coefficient (Wildman–Crippen LogP) is 0.320. The first kappa shape index (κ1) is 13.3. The highest BCUT2D eigenvalue weighted by Crippen LogP contribution is 2.26. The fraction of sp³-hybridized carbons (Fsp3) is 0.222. The van der Waals surface area contributed by atoms with Crippen molar-refractivity contribution in [2.24, 2.45) is 0 Å². The summed E-state index contributed by atoms with van der Waals surface area (Å²) in [5.74, 6) is -1.05. The monoisotopic (exact) mass is 260 g/mol. The molecule has 0 radical (unpaired) electrons. The second-order valence-electron chi connectivity index (χ2n) is 3.43. The van der Waals surface area contributed by atoms with Crippen molar-refractivity contribution >= 4 is 27.5 Å². The molecule has 1 aromatic carbocycles. The number of aryl methyl sites for hydroxylation is 1. The summed E-state index contributed by atoms with van der Waals surface area (Å²) in [4.78, 5) is 9.97. The molecule has 0 aliphatic carbocycles. The van der Waals surface area contributed by atoms with E-state index in [1.54, 1.807) is 6.92 Å². The summed E-state index contributed by atoms with van der Waals surface area (Å²) in [5, 5.41) is 11.1. The molecule has 0 aromatic heterocycles. The minimum absolute atomic E-state index is 0.147. The highest BCUT2D eigenvalue weighted by atomic mass is 32.2. The Morgan fingerprint density at radius 3 is 2.53 bits per heavy atom. The molecule has 0 aliphatic heterocycles. The molecule has 0 bridgehead atoms. The van der Waals surface area contributed by atoms with E-state index in [9.17, 15) is 13.2 Å². The molecule has 0 aliphatic rings. The van der Waals surface area contributed by atoms with Crippen molar-refractivity contribution in [3.05, 3.63) is 17.7 Å². The van der Waals surface area contributed by atoms with Gasteiger partial charge in [-0.1, -0.05) is 0 Å². The third-order valence-corrected chi connectivity index (χ3v) is 2.97. The zero-order valence-corrected chi connectivity index (χ0v) is 9.78. The molecule has 1 rings (SSSR count). The Labute approximate surface area is 98.0 Å². The van der Waals surface area contributed by atoms with Gasteiger partial charge in [-0.25, -0.2) is 0 Å². The first-order valence-electron chi connectivity index (χ1n) is 4.55. The van der Waals surface area contributed by atoms with Crippen molar-refractivity contribution in [3.8, 4) is 0 Å². The van der Waals surface area contributed by atoms with E-state index in [0.717, 1.165) is 0 Å². The molecule has 5 N–H and O–H groups in total. The van der Waals surface area contributed by atoms with Crippen LogP contribution in [0.3, 0.4) is 0 Å². The van der Waals surface area contributed by atoms with E-state index in [1.165, 1.54) is 12.1 Å². The highest BCUT2D eigenvalue weighted by molar-refractivity contribution is 7.86. The van der Waals surface area contributed by atoms with Gasteiger partial charge in [0.05, 0.1) is 5.69 Å². The van der Waals surface area contributed by atoms with Crippen molar-refractivity contribution in [1.29, 1.82) is 0 Å². The van der Waals surface area contributed by atoms with Crippen molar-refractivity contribution in [2.45, 2.75) is 11.8 Å². The van der Waals surface area contributed by atoms with Gasteiger partial charge in [-0.15, -0.1) is 0 Å². The lowest BCUT2D eigenvalue weighted by atomic mass is 10.2. The largest absolute Gasteiger partial charge is 0.480 e. The van der Waals surface area contributed by atoms with Crippen molar-refractivity contribution in [2.75, 3.05) is 17.6 Å². The third-order valence-electron chi connectivity index (χ3n) is 2.06. The maximum absolute atomic E-state index is 10.9. The van der Waals surface area contributed by atoms with Crippen molar-refractivity contribution in [3.63, 3.8) is 0 Å². The normalized spacial score (nSPS) is 11.2. The minimum atomic E-state index is -4.37. The summed E-state index contributed by atoms with van der Waals surface area (Å²) in [5.41, 5.74) is 6.18. The fourth-order valence-corrected chi connectivity index (χ4v) is 1.97. The predicted molar refractivity (Wildman–Crippen MR) is 61.5 cm³/mol. The Hall–Kier alpha value is -1.80. The zero-order valence-electron chi connectivity index (χ0n) is 8.97. The molecule has 17 heavy (non-hydrogen) atoms. The summed E-state index contributed by atoms with van der Waals surface area (Å²) in [6, 6.07) is 2.44. The minimum Gasteiger partial charge on any atom is -0.480 e. The summed E-state index contributed by atoms with van der Waals surface area (Å²) in [6.07, 6.45) is 0. The third kappa shape index (κ3) is 3.33. The number of nitrogens with one attached hydrogen (secondary N) is 1. The highest BCUT2D eigenvalue weighted by Gasteiger charge is 2.16. The number of hydrogen-bond donors (Lipinski definition) is 4. The van der Waals surface area contributed by atoms with Crippen LogP contribution in [0.4, 0.5) is 11.4 Å². The number of nitrogens with two attached hydrogens (primary N) is 1. The summed E-state index contributed by atoms with van der Waals surface area (Å²) in [6.45, 7) is 1.25. The van der Waals surface area contributed by atoms with Crippen LogP contribution in [0, 0.1) is 6.92 Å². The van der Waals surface area contributed by atoms with E-state index in [2.05, 4.69) is 5.32 Å². The van der Waals surface area contributed by atoms with E-state index in [-0.39, 0.29) is 12.2 Å². The molecule has 8 heteroatoms. The van der Waals surface area contributed by atoms with Gasteiger partial charge >= 0.3 is 5.97 Å². The van der Waals surface area contributed by atoms with Crippen LogP contribution >= 0.6 is 0 Å². The lowest BCUT2D eigenvalue weighted by molar-refractivity contribution is -0.134. The van der Waals surface area contributed by atoms with Crippen LogP contribution in [0.25, 0.3) is 0 Å². The molecule has 7 nitrogen and oxygen atoms in total. The SMILES string of the molecule is Cc1cc(S(=O)(=O)O)c(N)cc1NCC(=O)O. The van der Waals surface area contributed by atoms with E-state index in [1.807, 2.05) is 0 Å². The number of carboxylic acid groups (broad SMARTS) is 1. The van der Waals surface area contributed by atoms with Gasteiger partial charge in [-0.05, 0) is 24.6 Å². The molecule has 0 heterocycles. The second kappa shape index (κ2) is 4.60. The molecular weight excluding hydrogens is 248 g/mol. The van der Waals surface area contributed by atoms with Gasteiger partial charge in [-0.3, -0.25) is 9.35 Å². The number of benzene rings is 1. The van der Waals surface area contributed by atoms with Gasteiger partial charge < -0.3 is 16.2 Å². The summed E-state index contributed by atoms with van der Waals surface area (Å²) in [7, 11) is -4.37. The van der Waals surface area contributed by atoms with Crippen LogP contribution in [0.5, 0.6) is 0 Å². The molecule has 0 saturated heterocycles. The zero-order chi connectivity index (χ0) is 13.2. The van der Waals surface area contributed by atoms with E-state index < -0.39 is 21.0 Å². The van der Waals surface area contributed by atoms with Gasteiger partial charge in [-0.2, -0.15) is 8.42 Å². The first-order valence-corrected chi connectivity index (χ1v) is 5.99. The van der Waals surface area contributed by atoms with Crippen molar-refractivity contribution < 1.29 is 22.9 Å². The lowest BCUT2D eigenvalue weighted by Crippen LogP contribution is -2.14. The molecule has 0 amide bonds. The first-order chi connectivity index (χ1) is 7.71. The molecular formula is C9H12N2O5S. The Morgan fingerprint density at radius 2 is 2.06 bits per heavy atom. The van der Waals surface area contributed by atoms with Gasteiger partial charge in [0, 0.05) is 5.69 Å². The van der Waals surface area contributed by atoms with Gasteiger partial charge in [0.2, 0.25) is 0 Å². The molecule has 0 atom stereocenters.